The summed E-state index contributed by atoms with van der Waals surface area (Å²) in [5, 5.41) is 3.76. The van der Waals surface area contributed by atoms with E-state index in [1.54, 1.807) is 19.1 Å². The van der Waals surface area contributed by atoms with E-state index in [0.717, 1.165) is 11.7 Å². The van der Waals surface area contributed by atoms with Crippen LogP contribution in [0, 0.1) is 5.92 Å². The molecule has 0 saturated heterocycles. The molecule has 1 aromatic heterocycles. The highest BCUT2D eigenvalue weighted by Gasteiger charge is 2.18. The van der Waals surface area contributed by atoms with E-state index in [1.807, 2.05) is 18.2 Å². The van der Waals surface area contributed by atoms with Crippen molar-refractivity contribution in [3.8, 4) is 11.6 Å². The van der Waals surface area contributed by atoms with E-state index >= 15 is 0 Å². The summed E-state index contributed by atoms with van der Waals surface area (Å²) in [6.07, 6.45) is 4.58. The summed E-state index contributed by atoms with van der Waals surface area (Å²) in [6, 6.07) is 8.54. The Hall–Kier alpha value is -2.74. The monoisotopic (exact) mass is 403 g/mol. The van der Waals surface area contributed by atoms with E-state index in [9.17, 15) is 13.2 Å². The molecule has 2 aromatic rings. The van der Waals surface area contributed by atoms with Gasteiger partial charge in [-0.2, -0.15) is 4.98 Å². The highest BCUT2D eigenvalue weighted by Crippen LogP contribution is 2.23. The molecule has 8 heteroatoms. The quantitative estimate of drug-likeness (QED) is 0.727. The van der Waals surface area contributed by atoms with Crippen LogP contribution in [0.2, 0.25) is 0 Å². The number of aromatic nitrogens is 2. The Labute approximate surface area is 165 Å². The first kappa shape index (κ1) is 21.6. The van der Waals surface area contributed by atoms with Gasteiger partial charge in [0, 0.05) is 30.3 Å². The third-order valence-corrected chi connectivity index (χ3v) is 4.22. The fourth-order valence-electron chi connectivity index (χ4n) is 2.29. The van der Waals surface area contributed by atoms with Gasteiger partial charge in [0.1, 0.15) is 17.1 Å². The van der Waals surface area contributed by atoms with Gasteiger partial charge in [0.15, 0.2) is 9.84 Å². The van der Waals surface area contributed by atoms with Crippen LogP contribution in [0.1, 0.15) is 37.0 Å². The Morgan fingerprint density at radius 1 is 1.21 bits per heavy atom. The minimum absolute atomic E-state index is 0.161. The lowest BCUT2D eigenvalue weighted by Gasteiger charge is -2.14. The standard InChI is InChI=1S/C20H25N3O4S/c1-14(2)12-18-21-13-17(19(24)22-15(3)10-11-28(4,25)26)20(23-18)27-16-8-6-5-7-9-16/h5-11,13-15H,12H2,1-4H3,(H,22,24)/b11-10+/t15-/m0/s1. The van der Waals surface area contributed by atoms with E-state index in [4.69, 9.17) is 4.74 Å². The number of sulfone groups is 1. The molecule has 1 amide bonds. The van der Waals surface area contributed by atoms with Crippen LogP contribution in [0.3, 0.4) is 0 Å². The number of ether oxygens (including phenoxy) is 1. The summed E-state index contributed by atoms with van der Waals surface area (Å²) >= 11 is 0. The Morgan fingerprint density at radius 3 is 2.50 bits per heavy atom. The third-order valence-electron chi connectivity index (χ3n) is 3.57. The number of para-hydroxylation sites is 1. The second kappa shape index (κ2) is 9.45. The highest BCUT2D eigenvalue weighted by atomic mass is 32.2. The van der Waals surface area contributed by atoms with Crippen molar-refractivity contribution in [3.05, 3.63) is 59.4 Å². The van der Waals surface area contributed by atoms with Gasteiger partial charge in [0.25, 0.3) is 5.91 Å². The molecule has 0 unspecified atom stereocenters. The first-order valence-corrected chi connectivity index (χ1v) is 10.9. The predicted octanol–water partition coefficient (Wildman–Crippen LogP) is 3.14. The van der Waals surface area contributed by atoms with Crippen molar-refractivity contribution >= 4 is 15.7 Å². The maximum Gasteiger partial charge on any atom is 0.258 e. The largest absolute Gasteiger partial charge is 0.438 e. The Kier molecular flexibility index (Phi) is 7.28. The zero-order chi connectivity index (χ0) is 20.7. The van der Waals surface area contributed by atoms with Crippen LogP contribution in [0.25, 0.3) is 0 Å². The normalized spacial score (nSPS) is 12.9. The van der Waals surface area contributed by atoms with Gasteiger partial charge in [-0.1, -0.05) is 38.1 Å². The van der Waals surface area contributed by atoms with Crippen molar-refractivity contribution in [1.82, 2.24) is 15.3 Å². The number of nitrogens with zero attached hydrogens (tertiary/aromatic N) is 2. The SMILES string of the molecule is CC(C)Cc1ncc(C(=O)N[C@@H](C)/C=C/S(C)(=O)=O)c(Oc2ccccc2)n1. The maximum atomic E-state index is 12.7. The number of carbonyl (C=O) groups excluding carboxylic acids is 1. The summed E-state index contributed by atoms with van der Waals surface area (Å²) in [4.78, 5) is 21.4. The number of carbonyl (C=O) groups is 1. The van der Waals surface area contributed by atoms with E-state index in [1.165, 1.54) is 12.3 Å². The minimum atomic E-state index is -3.27. The van der Waals surface area contributed by atoms with Gasteiger partial charge in [0.2, 0.25) is 5.88 Å². The molecule has 7 nitrogen and oxygen atoms in total. The van der Waals surface area contributed by atoms with Gasteiger partial charge in [-0.15, -0.1) is 0 Å². The first-order valence-electron chi connectivity index (χ1n) is 8.92. The lowest BCUT2D eigenvalue weighted by atomic mass is 10.1. The molecule has 28 heavy (non-hydrogen) atoms. The predicted molar refractivity (Wildman–Crippen MR) is 108 cm³/mol. The summed E-state index contributed by atoms with van der Waals surface area (Å²) in [5.41, 5.74) is 0.177. The fraction of sp³-hybridized carbons (Fsp3) is 0.350. The number of rotatable bonds is 8. The summed E-state index contributed by atoms with van der Waals surface area (Å²) in [7, 11) is -3.27. The molecule has 0 aliphatic heterocycles. The molecule has 1 aromatic carbocycles. The smallest absolute Gasteiger partial charge is 0.258 e. The van der Waals surface area contributed by atoms with Crippen LogP contribution in [0.15, 0.2) is 48.0 Å². The van der Waals surface area contributed by atoms with Gasteiger partial charge in [0.05, 0.1) is 0 Å². The number of hydrogen-bond acceptors (Lipinski definition) is 6. The molecule has 150 valence electrons. The molecule has 2 rings (SSSR count). The molecule has 0 saturated carbocycles. The molecule has 0 fully saturated rings. The Bertz CT molecular complexity index is 941. The van der Waals surface area contributed by atoms with Crippen LogP contribution in [0.5, 0.6) is 11.6 Å². The Balaban J connectivity index is 2.28. The van der Waals surface area contributed by atoms with Crippen LogP contribution in [-0.2, 0) is 16.3 Å². The zero-order valence-corrected chi connectivity index (χ0v) is 17.2. The lowest BCUT2D eigenvalue weighted by molar-refractivity contribution is 0.0943. The summed E-state index contributed by atoms with van der Waals surface area (Å²) in [6.45, 7) is 5.78. The fourth-order valence-corrected chi connectivity index (χ4v) is 2.81. The molecule has 0 spiro atoms. The molecular weight excluding hydrogens is 378 g/mol. The van der Waals surface area contributed by atoms with Crippen LogP contribution in [-0.4, -0.2) is 36.6 Å². The number of benzene rings is 1. The highest BCUT2D eigenvalue weighted by molar-refractivity contribution is 7.93. The molecule has 1 atom stereocenters. The molecule has 1 N–H and O–H groups in total. The number of nitrogens with one attached hydrogen (secondary N) is 1. The Morgan fingerprint density at radius 2 is 1.89 bits per heavy atom. The second-order valence-electron chi connectivity index (χ2n) is 6.94. The average Bonchev–Trinajstić information content (AvgIpc) is 2.60. The van der Waals surface area contributed by atoms with Crippen LogP contribution in [0.4, 0.5) is 0 Å². The van der Waals surface area contributed by atoms with Crippen LogP contribution < -0.4 is 10.1 Å². The molecule has 0 aliphatic carbocycles. The summed E-state index contributed by atoms with van der Waals surface area (Å²) in [5.74, 6) is 1.20. The van der Waals surface area contributed by atoms with Crippen molar-refractivity contribution in [2.24, 2.45) is 5.92 Å². The van der Waals surface area contributed by atoms with E-state index in [-0.39, 0.29) is 11.4 Å². The molecule has 0 aliphatic rings. The van der Waals surface area contributed by atoms with Crippen molar-refractivity contribution in [2.75, 3.05) is 6.26 Å². The van der Waals surface area contributed by atoms with Crippen molar-refractivity contribution in [3.63, 3.8) is 0 Å². The second-order valence-corrected chi connectivity index (χ2v) is 8.87. The molecule has 1 heterocycles. The van der Waals surface area contributed by atoms with Crippen molar-refractivity contribution in [2.45, 2.75) is 33.2 Å². The molecule has 0 bridgehead atoms. The molecular formula is C20H25N3O4S. The van der Waals surface area contributed by atoms with Crippen molar-refractivity contribution < 1.29 is 17.9 Å². The topological polar surface area (TPSA) is 98.2 Å². The first-order chi connectivity index (χ1) is 13.1. The van der Waals surface area contributed by atoms with E-state index in [2.05, 4.69) is 29.1 Å². The van der Waals surface area contributed by atoms with Gasteiger partial charge >= 0.3 is 0 Å². The molecule has 0 radical (unpaired) electrons. The zero-order valence-electron chi connectivity index (χ0n) is 16.4. The van der Waals surface area contributed by atoms with Gasteiger partial charge in [-0.05, 0) is 25.0 Å². The van der Waals surface area contributed by atoms with Gasteiger partial charge < -0.3 is 10.1 Å². The van der Waals surface area contributed by atoms with Crippen LogP contribution >= 0.6 is 0 Å². The average molecular weight is 404 g/mol. The number of hydrogen-bond donors (Lipinski definition) is 1. The van der Waals surface area contributed by atoms with Gasteiger partial charge in [-0.25, -0.2) is 13.4 Å². The van der Waals surface area contributed by atoms with Crippen molar-refractivity contribution in [1.29, 1.82) is 0 Å². The third kappa shape index (κ3) is 7.11. The van der Waals surface area contributed by atoms with Gasteiger partial charge in [-0.3, -0.25) is 4.79 Å². The van der Waals surface area contributed by atoms with E-state index in [0.29, 0.717) is 23.9 Å². The number of amides is 1. The van der Waals surface area contributed by atoms with E-state index < -0.39 is 21.8 Å². The maximum absolute atomic E-state index is 12.7. The minimum Gasteiger partial charge on any atom is -0.438 e. The summed E-state index contributed by atoms with van der Waals surface area (Å²) < 4.78 is 28.3. The lowest BCUT2D eigenvalue weighted by Crippen LogP contribution is -2.31.